The standard InChI is InChI=1S/C16H16N4O/c1-10-7-12-14(13(21)8-10)15(11-5-3-2-4-6-11)20-16(19-12)17-9-18-20/h2-7,9-10,14-15H,8H2,1H3,(H,17,18,19)/t10-,14+,15+/m0/s1. The van der Waals surface area contributed by atoms with Gasteiger partial charge in [0.05, 0.1) is 12.0 Å². The number of rotatable bonds is 1. The fourth-order valence-electron chi connectivity index (χ4n) is 3.35. The molecule has 1 aromatic carbocycles. The van der Waals surface area contributed by atoms with Crippen LogP contribution in [0.5, 0.6) is 0 Å². The van der Waals surface area contributed by atoms with Crippen LogP contribution in [-0.4, -0.2) is 20.5 Å². The maximum atomic E-state index is 12.6. The second kappa shape index (κ2) is 4.55. The summed E-state index contributed by atoms with van der Waals surface area (Å²) in [5.74, 6) is 1.04. The second-order valence-electron chi connectivity index (χ2n) is 5.76. The minimum Gasteiger partial charge on any atom is -0.328 e. The van der Waals surface area contributed by atoms with Crippen LogP contribution in [-0.2, 0) is 4.79 Å². The van der Waals surface area contributed by atoms with Gasteiger partial charge in [0.25, 0.3) is 0 Å². The van der Waals surface area contributed by atoms with Gasteiger partial charge < -0.3 is 5.32 Å². The zero-order valence-corrected chi connectivity index (χ0v) is 11.7. The summed E-state index contributed by atoms with van der Waals surface area (Å²) in [7, 11) is 0. The summed E-state index contributed by atoms with van der Waals surface area (Å²) in [4.78, 5) is 16.9. The fraction of sp³-hybridized carbons (Fsp3) is 0.312. The zero-order valence-electron chi connectivity index (χ0n) is 11.7. The molecule has 2 aliphatic rings. The van der Waals surface area contributed by atoms with Crippen molar-refractivity contribution in [3.8, 4) is 0 Å². The molecule has 0 spiro atoms. The Morgan fingerprint density at radius 2 is 2.10 bits per heavy atom. The van der Waals surface area contributed by atoms with Gasteiger partial charge in [-0.1, -0.05) is 43.3 Å². The number of carbonyl (C=O) groups is 1. The molecular formula is C16H16N4O. The number of fused-ring (bicyclic) bond motifs is 2. The van der Waals surface area contributed by atoms with E-state index in [9.17, 15) is 4.79 Å². The Kier molecular flexibility index (Phi) is 2.67. The first kappa shape index (κ1) is 12.3. The topological polar surface area (TPSA) is 59.8 Å². The van der Waals surface area contributed by atoms with Crippen LogP contribution in [0.3, 0.4) is 0 Å². The molecule has 0 radical (unpaired) electrons. The summed E-state index contributed by atoms with van der Waals surface area (Å²) in [5.41, 5.74) is 2.05. The second-order valence-corrected chi connectivity index (χ2v) is 5.76. The highest BCUT2D eigenvalue weighted by molar-refractivity contribution is 5.87. The zero-order chi connectivity index (χ0) is 14.4. The number of ketones is 1. The number of nitrogens with zero attached hydrogens (tertiary/aromatic N) is 3. The molecule has 0 bridgehead atoms. The smallest absolute Gasteiger partial charge is 0.226 e. The van der Waals surface area contributed by atoms with Gasteiger partial charge in [0.15, 0.2) is 0 Å². The van der Waals surface area contributed by atoms with Crippen LogP contribution in [0.4, 0.5) is 5.95 Å². The number of carbonyl (C=O) groups excluding carboxylic acids is 1. The maximum Gasteiger partial charge on any atom is 0.226 e. The number of benzene rings is 1. The first-order valence-corrected chi connectivity index (χ1v) is 7.20. The first-order valence-electron chi connectivity index (χ1n) is 7.20. The molecule has 1 N–H and O–H groups in total. The van der Waals surface area contributed by atoms with Crippen molar-refractivity contribution >= 4 is 11.7 Å². The van der Waals surface area contributed by atoms with E-state index in [2.05, 4.69) is 28.4 Å². The molecule has 21 heavy (non-hydrogen) atoms. The molecule has 0 unspecified atom stereocenters. The van der Waals surface area contributed by atoms with Gasteiger partial charge in [-0.05, 0) is 11.5 Å². The number of nitrogens with one attached hydrogen (secondary N) is 1. The van der Waals surface area contributed by atoms with Crippen molar-refractivity contribution in [3.63, 3.8) is 0 Å². The van der Waals surface area contributed by atoms with E-state index < -0.39 is 0 Å². The SMILES string of the molecule is C[C@H]1C=C2Nc3ncnn3[C@H](c3ccccc3)[C@H]2C(=O)C1. The van der Waals surface area contributed by atoms with Gasteiger partial charge in [0, 0.05) is 12.1 Å². The van der Waals surface area contributed by atoms with E-state index in [1.54, 1.807) is 0 Å². The van der Waals surface area contributed by atoms with E-state index in [-0.39, 0.29) is 23.7 Å². The molecule has 106 valence electrons. The average Bonchev–Trinajstić information content (AvgIpc) is 2.93. The molecule has 0 amide bonds. The quantitative estimate of drug-likeness (QED) is 0.871. The number of allylic oxidation sites excluding steroid dienone is 2. The maximum absolute atomic E-state index is 12.6. The van der Waals surface area contributed by atoms with Crippen molar-refractivity contribution in [2.45, 2.75) is 19.4 Å². The predicted molar refractivity (Wildman–Crippen MR) is 78.6 cm³/mol. The molecule has 0 saturated carbocycles. The van der Waals surface area contributed by atoms with Gasteiger partial charge in [-0.25, -0.2) is 4.68 Å². The van der Waals surface area contributed by atoms with Crippen molar-refractivity contribution in [2.75, 3.05) is 5.32 Å². The van der Waals surface area contributed by atoms with E-state index in [0.29, 0.717) is 12.4 Å². The van der Waals surface area contributed by atoms with Crippen LogP contribution in [0.25, 0.3) is 0 Å². The Bertz CT molecular complexity index is 719. The Hall–Kier alpha value is -2.43. The number of anilines is 1. The lowest BCUT2D eigenvalue weighted by Crippen LogP contribution is -2.40. The molecule has 3 atom stereocenters. The normalized spacial score (nSPS) is 27.4. The Morgan fingerprint density at radius 1 is 1.29 bits per heavy atom. The van der Waals surface area contributed by atoms with E-state index in [0.717, 1.165) is 11.3 Å². The summed E-state index contributed by atoms with van der Waals surface area (Å²) in [5, 5.41) is 7.59. The van der Waals surface area contributed by atoms with Gasteiger partial charge >= 0.3 is 0 Å². The fourth-order valence-corrected chi connectivity index (χ4v) is 3.35. The Balaban J connectivity index is 1.90. The van der Waals surface area contributed by atoms with Crippen LogP contribution in [0, 0.1) is 11.8 Å². The molecule has 0 saturated heterocycles. The summed E-state index contributed by atoms with van der Waals surface area (Å²) in [6, 6.07) is 9.94. The third kappa shape index (κ3) is 1.88. The molecule has 5 nitrogen and oxygen atoms in total. The summed E-state index contributed by atoms with van der Waals surface area (Å²) < 4.78 is 1.82. The third-order valence-electron chi connectivity index (χ3n) is 4.22. The number of hydrogen-bond donors (Lipinski definition) is 1. The summed E-state index contributed by atoms with van der Waals surface area (Å²) in [6.45, 7) is 2.07. The van der Waals surface area contributed by atoms with Crippen LogP contribution in [0.1, 0.15) is 24.9 Å². The number of Topliss-reactive ketones (excluding diaryl/α,β-unsaturated/α-hetero) is 1. The van der Waals surface area contributed by atoms with E-state index in [4.69, 9.17) is 0 Å². The number of hydrogen-bond acceptors (Lipinski definition) is 4. The lowest BCUT2D eigenvalue weighted by molar-refractivity contribution is -0.123. The molecule has 1 aliphatic carbocycles. The van der Waals surface area contributed by atoms with Gasteiger partial charge in [-0.3, -0.25) is 4.79 Å². The molecular weight excluding hydrogens is 264 g/mol. The minimum absolute atomic E-state index is 0.115. The highest BCUT2D eigenvalue weighted by Crippen LogP contribution is 2.41. The first-order chi connectivity index (χ1) is 10.2. The molecule has 5 heteroatoms. The van der Waals surface area contributed by atoms with Crippen LogP contribution < -0.4 is 5.32 Å². The van der Waals surface area contributed by atoms with Crippen molar-refractivity contribution in [1.29, 1.82) is 0 Å². The van der Waals surface area contributed by atoms with Crippen LogP contribution >= 0.6 is 0 Å². The summed E-state index contributed by atoms with van der Waals surface area (Å²) in [6.07, 6.45) is 4.27. The Labute approximate surface area is 122 Å². The number of aromatic nitrogens is 3. The minimum atomic E-state index is -0.196. The van der Waals surface area contributed by atoms with Crippen molar-refractivity contribution in [3.05, 3.63) is 54.0 Å². The lowest BCUT2D eigenvalue weighted by atomic mass is 9.78. The van der Waals surface area contributed by atoms with Gasteiger partial charge in [-0.2, -0.15) is 10.1 Å². The van der Waals surface area contributed by atoms with Gasteiger partial charge in [0.1, 0.15) is 12.1 Å². The average molecular weight is 280 g/mol. The van der Waals surface area contributed by atoms with Crippen molar-refractivity contribution < 1.29 is 4.79 Å². The highest BCUT2D eigenvalue weighted by Gasteiger charge is 2.42. The molecule has 1 aromatic heterocycles. The predicted octanol–water partition coefficient (Wildman–Crippen LogP) is 2.40. The Morgan fingerprint density at radius 3 is 2.90 bits per heavy atom. The van der Waals surface area contributed by atoms with Gasteiger partial charge in [-0.15, -0.1) is 0 Å². The van der Waals surface area contributed by atoms with Crippen molar-refractivity contribution in [2.24, 2.45) is 11.8 Å². The molecule has 4 rings (SSSR count). The van der Waals surface area contributed by atoms with E-state index in [1.165, 1.54) is 6.33 Å². The monoisotopic (exact) mass is 280 g/mol. The molecule has 0 fully saturated rings. The van der Waals surface area contributed by atoms with E-state index in [1.807, 2.05) is 35.0 Å². The van der Waals surface area contributed by atoms with Crippen molar-refractivity contribution in [1.82, 2.24) is 14.8 Å². The largest absolute Gasteiger partial charge is 0.328 e. The lowest BCUT2D eigenvalue weighted by Gasteiger charge is -2.37. The molecule has 2 heterocycles. The van der Waals surface area contributed by atoms with Crippen LogP contribution in [0.15, 0.2) is 48.4 Å². The molecule has 1 aliphatic heterocycles. The third-order valence-corrected chi connectivity index (χ3v) is 4.22. The molecule has 2 aromatic rings. The van der Waals surface area contributed by atoms with Crippen LogP contribution in [0.2, 0.25) is 0 Å². The van der Waals surface area contributed by atoms with E-state index >= 15 is 0 Å². The van der Waals surface area contributed by atoms with Gasteiger partial charge in [0.2, 0.25) is 5.95 Å². The highest BCUT2D eigenvalue weighted by atomic mass is 16.1. The summed E-state index contributed by atoms with van der Waals surface area (Å²) >= 11 is 0.